The number of benzene rings is 3. The number of likely N-dealkylation sites (N-methyl/N-ethyl adjacent to an activating group) is 1. The number of methoxy groups -OCH3 is 1. The molecule has 41 heavy (non-hydrogen) atoms. The number of thioether (sulfide) groups is 1. The number of anilines is 1. The summed E-state index contributed by atoms with van der Waals surface area (Å²) in [5.74, 6) is 0.370. The van der Waals surface area contributed by atoms with Crippen molar-refractivity contribution in [3.8, 4) is 11.5 Å². The average molecular weight is 600 g/mol. The standard InChI is InChI=1S/C30H37N3O6S2/c1-6-31-30(35)22(3)32(20-23-8-12-25(38-4)13-9-23)29(34)21-33(24-10-14-26(15-11-24)39-7-2)41(36,37)28-18-16-27(40-5)17-19-28/h8-19,22H,6-7,20-21H2,1-5H3,(H,31,35)/t22-/m1/s1. The molecular formula is C30H37N3O6S2. The smallest absolute Gasteiger partial charge is 0.264 e. The van der Waals surface area contributed by atoms with Crippen LogP contribution in [-0.4, -0.2) is 64.2 Å². The molecule has 0 heterocycles. The molecule has 1 N–H and O–H groups in total. The Morgan fingerprint density at radius 2 is 1.54 bits per heavy atom. The van der Waals surface area contributed by atoms with Crippen LogP contribution >= 0.6 is 11.8 Å². The summed E-state index contributed by atoms with van der Waals surface area (Å²) >= 11 is 1.50. The highest BCUT2D eigenvalue weighted by Gasteiger charge is 2.32. The van der Waals surface area contributed by atoms with E-state index in [2.05, 4.69) is 5.32 Å². The van der Waals surface area contributed by atoms with E-state index < -0.39 is 28.5 Å². The molecule has 0 aliphatic heterocycles. The molecule has 2 amide bonds. The zero-order valence-corrected chi connectivity index (χ0v) is 25.6. The van der Waals surface area contributed by atoms with Crippen molar-refractivity contribution in [2.75, 3.05) is 37.4 Å². The fraction of sp³-hybridized carbons (Fsp3) is 0.333. The highest BCUT2D eigenvalue weighted by Crippen LogP contribution is 2.28. The van der Waals surface area contributed by atoms with Gasteiger partial charge in [-0.1, -0.05) is 12.1 Å². The van der Waals surface area contributed by atoms with Crippen LogP contribution in [-0.2, 0) is 26.2 Å². The molecule has 0 unspecified atom stereocenters. The van der Waals surface area contributed by atoms with Gasteiger partial charge < -0.3 is 19.7 Å². The number of hydrogen-bond donors (Lipinski definition) is 1. The van der Waals surface area contributed by atoms with E-state index in [-0.39, 0.29) is 17.3 Å². The first-order valence-electron chi connectivity index (χ1n) is 13.2. The summed E-state index contributed by atoms with van der Waals surface area (Å²) in [6.45, 7) is 5.72. The molecule has 0 radical (unpaired) electrons. The fourth-order valence-corrected chi connectivity index (χ4v) is 5.93. The Kier molecular flexibility index (Phi) is 11.5. The maximum absolute atomic E-state index is 14.0. The number of hydrogen-bond acceptors (Lipinski definition) is 7. The van der Waals surface area contributed by atoms with E-state index in [1.807, 2.05) is 13.2 Å². The van der Waals surface area contributed by atoms with Gasteiger partial charge in [0.2, 0.25) is 11.8 Å². The number of sulfonamides is 1. The molecule has 0 fully saturated rings. The first-order chi connectivity index (χ1) is 19.6. The summed E-state index contributed by atoms with van der Waals surface area (Å²) in [5.41, 5.74) is 1.06. The summed E-state index contributed by atoms with van der Waals surface area (Å²) in [6, 6.07) is 19.3. The Morgan fingerprint density at radius 3 is 2.07 bits per heavy atom. The van der Waals surface area contributed by atoms with Crippen LogP contribution in [0.1, 0.15) is 26.3 Å². The van der Waals surface area contributed by atoms with E-state index in [4.69, 9.17) is 9.47 Å². The molecule has 0 aliphatic carbocycles. The molecule has 3 aromatic carbocycles. The van der Waals surface area contributed by atoms with Gasteiger partial charge in [0.15, 0.2) is 0 Å². The van der Waals surface area contributed by atoms with Gasteiger partial charge >= 0.3 is 0 Å². The van der Waals surface area contributed by atoms with Crippen molar-refractivity contribution in [2.24, 2.45) is 0 Å². The monoisotopic (exact) mass is 599 g/mol. The number of carbonyl (C=O) groups is 2. The van der Waals surface area contributed by atoms with E-state index in [0.717, 1.165) is 14.8 Å². The molecule has 1 atom stereocenters. The van der Waals surface area contributed by atoms with Crippen LogP contribution < -0.4 is 19.1 Å². The number of nitrogens with zero attached hydrogens (tertiary/aromatic N) is 2. The Bertz CT molecular complexity index is 1400. The summed E-state index contributed by atoms with van der Waals surface area (Å²) in [6.07, 6.45) is 1.90. The lowest BCUT2D eigenvalue weighted by atomic mass is 10.1. The Morgan fingerprint density at radius 1 is 0.927 bits per heavy atom. The van der Waals surface area contributed by atoms with Gasteiger partial charge in [-0.15, -0.1) is 11.8 Å². The number of carbonyl (C=O) groups excluding carboxylic acids is 2. The summed E-state index contributed by atoms with van der Waals surface area (Å²) in [5, 5.41) is 2.75. The van der Waals surface area contributed by atoms with Crippen LogP contribution in [0.2, 0.25) is 0 Å². The van der Waals surface area contributed by atoms with E-state index in [1.165, 1.54) is 28.8 Å². The van der Waals surface area contributed by atoms with Crippen molar-refractivity contribution >= 4 is 39.3 Å². The second-order valence-electron chi connectivity index (χ2n) is 9.05. The fourth-order valence-electron chi connectivity index (χ4n) is 4.11. The van der Waals surface area contributed by atoms with Crippen LogP contribution in [0.15, 0.2) is 82.6 Å². The predicted molar refractivity (Wildman–Crippen MR) is 162 cm³/mol. The zero-order chi connectivity index (χ0) is 30.0. The molecular weight excluding hydrogens is 562 g/mol. The van der Waals surface area contributed by atoms with Gasteiger partial charge in [-0.3, -0.25) is 13.9 Å². The van der Waals surface area contributed by atoms with Gasteiger partial charge in [-0.25, -0.2) is 8.42 Å². The maximum atomic E-state index is 14.0. The molecule has 0 saturated carbocycles. The summed E-state index contributed by atoms with van der Waals surface area (Å²) < 4.78 is 39.7. The minimum absolute atomic E-state index is 0.0514. The lowest BCUT2D eigenvalue weighted by Crippen LogP contribution is -2.51. The number of rotatable bonds is 14. The van der Waals surface area contributed by atoms with Crippen molar-refractivity contribution in [2.45, 2.75) is 43.1 Å². The van der Waals surface area contributed by atoms with Crippen molar-refractivity contribution in [1.82, 2.24) is 10.2 Å². The zero-order valence-electron chi connectivity index (χ0n) is 24.0. The van der Waals surface area contributed by atoms with Gasteiger partial charge in [0, 0.05) is 18.0 Å². The first-order valence-corrected chi connectivity index (χ1v) is 15.9. The Balaban J connectivity index is 2.02. The minimum atomic E-state index is -4.15. The van der Waals surface area contributed by atoms with Crippen molar-refractivity contribution in [1.29, 1.82) is 0 Å². The molecule has 0 spiro atoms. The molecule has 220 valence electrons. The van der Waals surface area contributed by atoms with Gasteiger partial charge in [0.05, 0.1) is 24.3 Å². The topological polar surface area (TPSA) is 105 Å². The van der Waals surface area contributed by atoms with Crippen molar-refractivity contribution in [3.63, 3.8) is 0 Å². The second kappa shape index (κ2) is 14.8. The number of nitrogens with one attached hydrogen (secondary N) is 1. The maximum Gasteiger partial charge on any atom is 0.264 e. The second-order valence-corrected chi connectivity index (χ2v) is 11.8. The predicted octanol–water partition coefficient (Wildman–Crippen LogP) is 4.56. The Hall–Kier alpha value is -3.70. The van der Waals surface area contributed by atoms with Crippen LogP contribution in [0, 0.1) is 0 Å². The SMILES string of the molecule is CCNC(=O)[C@@H](C)N(Cc1ccc(OC)cc1)C(=O)CN(c1ccc(OCC)cc1)S(=O)(=O)c1ccc(SC)cc1. The van der Waals surface area contributed by atoms with Crippen LogP contribution in [0.4, 0.5) is 5.69 Å². The van der Waals surface area contributed by atoms with E-state index in [1.54, 1.807) is 81.6 Å². The van der Waals surface area contributed by atoms with Crippen molar-refractivity contribution < 1.29 is 27.5 Å². The molecule has 3 aromatic rings. The molecule has 0 bridgehead atoms. The minimum Gasteiger partial charge on any atom is -0.497 e. The third-order valence-electron chi connectivity index (χ3n) is 6.39. The van der Waals surface area contributed by atoms with Gasteiger partial charge in [0.25, 0.3) is 10.0 Å². The third-order valence-corrected chi connectivity index (χ3v) is 8.92. The van der Waals surface area contributed by atoms with Gasteiger partial charge in [0.1, 0.15) is 24.1 Å². The largest absolute Gasteiger partial charge is 0.497 e. The van der Waals surface area contributed by atoms with Gasteiger partial charge in [-0.2, -0.15) is 0 Å². The molecule has 0 aliphatic rings. The molecule has 11 heteroatoms. The van der Waals surface area contributed by atoms with E-state index >= 15 is 0 Å². The summed E-state index contributed by atoms with van der Waals surface area (Å²) in [4.78, 5) is 29.1. The number of ether oxygens (including phenoxy) is 2. The highest BCUT2D eigenvalue weighted by atomic mass is 32.2. The molecule has 3 rings (SSSR count). The molecule has 0 saturated heterocycles. The quantitative estimate of drug-likeness (QED) is 0.271. The lowest BCUT2D eigenvalue weighted by Gasteiger charge is -2.32. The average Bonchev–Trinajstić information content (AvgIpc) is 2.99. The van der Waals surface area contributed by atoms with Crippen molar-refractivity contribution in [3.05, 3.63) is 78.4 Å². The van der Waals surface area contributed by atoms with Gasteiger partial charge in [-0.05, 0) is 93.3 Å². The Labute approximate surface area is 246 Å². The highest BCUT2D eigenvalue weighted by molar-refractivity contribution is 7.98. The molecule has 0 aromatic heterocycles. The van der Waals surface area contributed by atoms with E-state index in [0.29, 0.717) is 30.3 Å². The lowest BCUT2D eigenvalue weighted by molar-refractivity contribution is -0.139. The summed E-state index contributed by atoms with van der Waals surface area (Å²) in [7, 11) is -2.59. The normalized spacial score (nSPS) is 11.8. The van der Waals surface area contributed by atoms with Crippen LogP contribution in [0.3, 0.4) is 0 Å². The van der Waals surface area contributed by atoms with Crippen LogP contribution in [0.5, 0.6) is 11.5 Å². The molecule has 9 nitrogen and oxygen atoms in total. The first kappa shape index (κ1) is 31.8. The number of amides is 2. The van der Waals surface area contributed by atoms with Crippen LogP contribution in [0.25, 0.3) is 0 Å². The third kappa shape index (κ3) is 8.17. The van der Waals surface area contributed by atoms with E-state index in [9.17, 15) is 18.0 Å².